The van der Waals surface area contributed by atoms with E-state index in [1.807, 2.05) is 41.6 Å². The summed E-state index contributed by atoms with van der Waals surface area (Å²) in [5, 5.41) is 8.16. The molecule has 2 aromatic carbocycles. The molecule has 1 aromatic heterocycles. The molecule has 2 fully saturated rings. The largest absolute Gasteiger partial charge is 0.416 e. The molecule has 3 aliphatic rings. The maximum absolute atomic E-state index is 14.3. The summed E-state index contributed by atoms with van der Waals surface area (Å²) in [5.41, 5.74) is 0.741. The van der Waals surface area contributed by atoms with Crippen LogP contribution < -0.4 is 4.90 Å². The van der Waals surface area contributed by atoms with E-state index in [2.05, 4.69) is 10.2 Å². The van der Waals surface area contributed by atoms with Gasteiger partial charge in [-0.1, -0.05) is 19.1 Å². The number of rotatable bonds is 7. The van der Waals surface area contributed by atoms with Crippen molar-refractivity contribution in [1.82, 2.24) is 19.7 Å². The Balaban J connectivity index is 1.35. The van der Waals surface area contributed by atoms with Gasteiger partial charge >= 0.3 is 6.18 Å². The molecular weight excluding hydrogens is 526 g/mol. The lowest BCUT2D eigenvalue weighted by molar-refractivity contribution is -0.138. The third kappa shape index (κ3) is 4.58. The van der Waals surface area contributed by atoms with E-state index in [1.165, 1.54) is 4.90 Å². The van der Waals surface area contributed by atoms with Gasteiger partial charge in [0.2, 0.25) is 0 Å². The van der Waals surface area contributed by atoms with E-state index in [0.29, 0.717) is 50.3 Å². The minimum absolute atomic E-state index is 0.0212. The molecule has 0 bridgehead atoms. The number of hydrogen-bond acceptors (Lipinski definition) is 5. The summed E-state index contributed by atoms with van der Waals surface area (Å²) in [7, 11) is 1.87. The van der Waals surface area contributed by atoms with Gasteiger partial charge in [-0.05, 0) is 53.8 Å². The summed E-state index contributed by atoms with van der Waals surface area (Å²) in [6.45, 7) is 3.29. The van der Waals surface area contributed by atoms with Gasteiger partial charge in [-0.15, -0.1) is 10.2 Å². The first-order chi connectivity index (χ1) is 19.1. The van der Waals surface area contributed by atoms with Crippen LogP contribution >= 0.6 is 0 Å². The van der Waals surface area contributed by atoms with Gasteiger partial charge in [-0.2, -0.15) is 13.2 Å². The number of nitrogens with zero attached hydrogens (tertiary/aromatic N) is 5. The second kappa shape index (κ2) is 9.95. The van der Waals surface area contributed by atoms with Crippen LogP contribution in [0.15, 0.2) is 42.7 Å². The van der Waals surface area contributed by atoms with Crippen molar-refractivity contribution in [3.63, 3.8) is 0 Å². The number of anilines is 1. The third-order valence-electron chi connectivity index (χ3n) is 8.57. The Morgan fingerprint density at radius 1 is 1.20 bits per heavy atom. The first kappa shape index (κ1) is 26.9. The molecule has 0 unspecified atom stereocenters. The van der Waals surface area contributed by atoms with Crippen molar-refractivity contribution in [2.45, 2.75) is 56.5 Å². The minimum atomic E-state index is -4.63. The Kier molecular flexibility index (Phi) is 6.69. The molecule has 212 valence electrons. The first-order valence-electron chi connectivity index (χ1n) is 13.5. The number of aromatic nitrogens is 3. The lowest BCUT2D eigenvalue weighted by Crippen LogP contribution is -2.49. The number of benzene rings is 2. The van der Waals surface area contributed by atoms with Crippen molar-refractivity contribution < 1.29 is 27.1 Å². The predicted molar refractivity (Wildman–Crippen MR) is 140 cm³/mol. The van der Waals surface area contributed by atoms with Gasteiger partial charge in [-0.25, -0.2) is 4.39 Å². The van der Waals surface area contributed by atoms with Gasteiger partial charge in [-0.3, -0.25) is 9.69 Å². The maximum atomic E-state index is 14.3. The number of amides is 1. The topological polar surface area (TPSA) is 63.5 Å². The molecular formula is C29H31F4N5O2. The van der Waals surface area contributed by atoms with Crippen molar-refractivity contribution in [2.24, 2.45) is 7.05 Å². The Morgan fingerprint density at radius 2 is 2.00 bits per heavy atom. The van der Waals surface area contributed by atoms with Gasteiger partial charge in [0.05, 0.1) is 25.3 Å². The van der Waals surface area contributed by atoms with E-state index in [4.69, 9.17) is 4.74 Å². The van der Waals surface area contributed by atoms with E-state index < -0.39 is 29.9 Å². The van der Waals surface area contributed by atoms with Gasteiger partial charge in [0.1, 0.15) is 18.3 Å². The normalized spacial score (nSPS) is 21.5. The molecule has 6 rings (SSSR count). The van der Waals surface area contributed by atoms with Crippen LogP contribution in [0.3, 0.4) is 0 Å². The van der Waals surface area contributed by atoms with E-state index in [9.17, 15) is 22.4 Å². The fraction of sp³-hybridized carbons (Fsp3) is 0.483. The van der Waals surface area contributed by atoms with Crippen molar-refractivity contribution >= 4 is 11.6 Å². The van der Waals surface area contributed by atoms with Crippen LogP contribution in [-0.2, 0) is 36.3 Å². The fourth-order valence-corrected chi connectivity index (χ4v) is 6.31. The fourth-order valence-electron chi connectivity index (χ4n) is 6.31. The van der Waals surface area contributed by atoms with Crippen molar-refractivity contribution in [3.05, 3.63) is 76.4 Å². The minimum Gasteiger partial charge on any atom is -0.379 e. The molecule has 11 heteroatoms. The van der Waals surface area contributed by atoms with Crippen LogP contribution in [0.1, 0.15) is 64.2 Å². The third-order valence-corrected chi connectivity index (χ3v) is 8.57. The van der Waals surface area contributed by atoms with Crippen LogP contribution in [0, 0.1) is 0 Å². The molecule has 0 spiro atoms. The molecule has 0 N–H and O–H groups in total. The number of fused-ring (bicyclic) bond motifs is 1. The molecule has 2 saturated heterocycles. The Bertz CT molecular complexity index is 1430. The van der Waals surface area contributed by atoms with Crippen molar-refractivity contribution in [3.8, 4) is 0 Å². The zero-order chi connectivity index (χ0) is 28.2. The smallest absolute Gasteiger partial charge is 0.379 e. The number of halogens is 4. The van der Waals surface area contributed by atoms with E-state index >= 15 is 0 Å². The predicted octanol–water partition coefficient (Wildman–Crippen LogP) is 5.00. The number of carbonyl (C=O) groups is 1. The highest BCUT2D eigenvalue weighted by molar-refractivity contribution is 6.10. The number of aryl methyl sites for hydroxylation is 1. The molecule has 1 amide bonds. The lowest BCUT2D eigenvalue weighted by atomic mass is 9.75. The summed E-state index contributed by atoms with van der Waals surface area (Å²) >= 11 is 0. The number of likely N-dealkylation sites (tertiary alicyclic amines) is 1. The SMILES string of the molecule is CC[C@H](c1cc2c(c(C(F)(F)F)c1)CN(c1cccc(C3(Cc4nncn4C)COC3)c1)C2=O)N1CC[C@H](F)C1. The standard InChI is InChI=1S/C29H31F4N5O2/c1-3-25(37-8-7-20(30)13-37)18-9-22-23(24(10-18)29(31,32)33)14-38(27(22)39)21-6-4-5-19(11-21)28(15-40-16-28)12-26-35-34-17-36(26)2/h4-6,9-11,17,20,25H,3,7-8,12-16H2,1-2H3/t20-,25+/m0/s1. The van der Waals surface area contributed by atoms with E-state index in [-0.39, 0.29) is 29.6 Å². The molecule has 3 aliphatic heterocycles. The number of alkyl halides is 4. The first-order valence-corrected chi connectivity index (χ1v) is 13.5. The Hall–Kier alpha value is -3.31. The second-order valence-corrected chi connectivity index (χ2v) is 11.1. The van der Waals surface area contributed by atoms with Crippen LogP contribution in [0.25, 0.3) is 0 Å². The van der Waals surface area contributed by atoms with Crippen molar-refractivity contribution in [2.75, 3.05) is 31.2 Å². The average Bonchev–Trinajstić information content (AvgIpc) is 3.60. The van der Waals surface area contributed by atoms with E-state index in [1.54, 1.807) is 18.5 Å². The molecule has 3 aromatic rings. The summed E-state index contributed by atoms with van der Waals surface area (Å²) in [6.07, 6.45) is -2.54. The van der Waals surface area contributed by atoms with Gasteiger partial charge in [0.25, 0.3) is 5.91 Å². The zero-order valence-electron chi connectivity index (χ0n) is 22.4. The highest BCUT2D eigenvalue weighted by Gasteiger charge is 2.44. The zero-order valence-corrected chi connectivity index (χ0v) is 22.4. The molecule has 40 heavy (non-hydrogen) atoms. The van der Waals surface area contributed by atoms with Crippen molar-refractivity contribution in [1.29, 1.82) is 0 Å². The van der Waals surface area contributed by atoms with Crippen LogP contribution in [0.4, 0.5) is 23.2 Å². The molecule has 0 radical (unpaired) electrons. The molecule has 0 saturated carbocycles. The summed E-state index contributed by atoms with van der Waals surface area (Å²) < 4.78 is 64.4. The lowest BCUT2D eigenvalue weighted by Gasteiger charge is -2.42. The van der Waals surface area contributed by atoms with Gasteiger partial charge < -0.3 is 14.2 Å². The van der Waals surface area contributed by atoms with E-state index in [0.717, 1.165) is 17.5 Å². The van der Waals surface area contributed by atoms with Crippen LogP contribution in [-0.4, -0.2) is 58.0 Å². The van der Waals surface area contributed by atoms with Crippen LogP contribution in [0.2, 0.25) is 0 Å². The number of hydrogen-bond donors (Lipinski definition) is 0. The second-order valence-electron chi connectivity index (χ2n) is 11.1. The highest BCUT2D eigenvalue weighted by Crippen LogP contribution is 2.43. The molecule has 0 aliphatic carbocycles. The Morgan fingerprint density at radius 3 is 2.60 bits per heavy atom. The van der Waals surface area contributed by atoms with Crippen LogP contribution in [0.5, 0.6) is 0 Å². The summed E-state index contributed by atoms with van der Waals surface area (Å²) in [5.74, 6) is 0.328. The number of carbonyl (C=O) groups excluding carboxylic acids is 1. The molecule has 2 atom stereocenters. The molecule has 7 nitrogen and oxygen atoms in total. The number of ether oxygens (including phenoxy) is 1. The van der Waals surface area contributed by atoms with Gasteiger partial charge in [0.15, 0.2) is 0 Å². The summed E-state index contributed by atoms with van der Waals surface area (Å²) in [6, 6.07) is 9.75. The molecule has 4 heterocycles. The average molecular weight is 558 g/mol. The summed E-state index contributed by atoms with van der Waals surface area (Å²) in [4.78, 5) is 17.0. The highest BCUT2D eigenvalue weighted by atomic mass is 19.4. The Labute approximate surface area is 229 Å². The monoisotopic (exact) mass is 557 g/mol. The maximum Gasteiger partial charge on any atom is 0.416 e. The van der Waals surface area contributed by atoms with Gasteiger partial charge in [0, 0.05) is 49.3 Å². The quantitative estimate of drug-likeness (QED) is 0.383.